The van der Waals surface area contributed by atoms with Crippen molar-refractivity contribution in [2.75, 3.05) is 31.6 Å². The maximum Gasteiger partial charge on any atom is 0.191 e. The molecule has 1 unspecified atom stereocenters. The lowest BCUT2D eigenvalue weighted by Crippen LogP contribution is -2.45. The van der Waals surface area contributed by atoms with E-state index in [9.17, 15) is 0 Å². The summed E-state index contributed by atoms with van der Waals surface area (Å²) in [7, 11) is 1.83. The summed E-state index contributed by atoms with van der Waals surface area (Å²) < 4.78 is 2.09. The maximum absolute atomic E-state index is 4.35. The Balaban J connectivity index is 0.00000243. The van der Waals surface area contributed by atoms with Gasteiger partial charge < -0.3 is 20.1 Å². The Hall–Kier alpha value is -1.77. The van der Waals surface area contributed by atoms with Gasteiger partial charge in [-0.05, 0) is 31.9 Å². The molecule has 0 saturated carbocycles. The fraction of sp³-hybridized carbons (Fsp3) is 0.474. The van der Waals surface area contributed by atoms with Crippen molar-refractivity contribution in [1.29, 1.82) is 0 Å². The van der Waals surface area contributed by atoms with Crippen molar-refractivity contribution in [3.05, 3.63) is 48.5 Å². The van der Waals surface area contributed by atoms with Crippen LogP contribution in [0.5, 0.6) is 0 Å². The lowest BCUT2D eigenvalue weighted by Gasteiger charge is -2.20. The molecule has 0 radical (unpaired) electrons. The minimum Gasteiger partial charge on any atom is -0.369 e. The summed E-state index contributed by atoms with van der Waals surface area (Å²) in [5, 5.41) is 6.96. The Bertz CT molecular complexity index is 668. The van der Waals surface area contributed by atoms with Crippen molar-refractivity contribution in [1.82, 2.24) is 20.2 Å². The summed E-state index contributed by atoms with van der Waals surface area (Å²) in [5.74, 6) is 0.890. The van der Waals surface area contributed by atoms with Crippen LogP contribution in [0.15, 0.2) is 48.0 Å². The van der Waals surface area contributed by atoms with Gasteiger partial charge in [-0.1, -0.05) is 17.7 Å². The first kappa shape index (κ1) is 20.5. The van der Waals surface area contributed by atoms with Gasteiger partial charge in [-0.3, -0.25) is 4.99 Å². The van der Waals surface area contributed by atoms with Gasteiger partial charge in [-0.25, -0.2) is 4.98 Å². The van der Waals surface area contributed by atoms with E-state index in [2.05, 4.69) is 61.3 Å². The van der Waals surface area contributed by atoms with Crippen molar-refractivity contribution < 1.29 is 0 Å². The van der Waals surface area contributed by atoms with Crippen LogP contribution in [-0.4, -0.2) is 48.2 Å². The lowest BCUT2D eigenvalue weighted by molar-refractivity contribution is 0.609. The highest BCUT2D eigenvalue weighted by Crippen LogP contribution is 2.20. The number of hydrogen-bond acceptors (Lipinski definition) is 3. The standard InChI is InChI=1S/C19H28N6.HI/c1-16-4-6-18(7-5-16)25-12-8-17(14-25)23-19(20-2)22-9-3-11-24-13-10-21-15-24;/h4-7,10,13,15,17H,3,8-9,11-12,14H2,1-2H3,(H2,20,22,23);1H. The quantitative estimate of drug-likeness (QED) is 0.296. The molecular formula is C19H29IN6. The molecule has 2 aromatic rings. The van der Waals surface area contributed by atoms with E-state index in [1.54, 1.807) is 0 Å². The third-order valence-electron chi connectivity index (χ3n) is 4.60. The predicted molar refractivity (Wildman–Crippen MR) is 119 cm³/mol. The molecule has 2 heterocycles. The summed E-state index contributed by atoms with van der Waals surface area (Å²) in [4.78, 5) is 10.8. The zero-order chi connectivity index (χ0) is 17.5. The fourth-order valence-electron chi connectivity index (χ4n) is 3.14. The number of halogens is 1. The molecule has 1 atom stereocenters. The van der Waals surface area contributed by atoms with Gasteiger partial charge in [0, 0.05) is 57.3 Å². The Morgan fingerprint density at radius 2 is 2.12 bits per heavy atom. The molecule has 1 aliphatic heterocycles. The van der Waals surface area contributed by atoms with E-state index in [4.69, 9.17) is 0 Å². The first-order valence-corrected chi connectivity index (χ1v) is 8.99. The van der Waals surface area contributed by atoms with Gasteiger partial charge in [0.15, 0.2) is 5.96 Å². The van der Waals surface area contributed by atoms with E-state index >= 15 is 0 Å². The van der Waals surface area contributed by atoms with Gasteiger partial charge in [-0.2, -0.15) is 0 Å². The zero-order valence-electron chi connectivity index (χ0n) is 15.6. The fourth-order valence-corrected chi connectivity index (χ4v) is 3.14. The number of anilines is 1. The van der Waals surface area contributed by atoms with Gasteiger partial charge >= 0.3 is 0 Å². The summed E-state index contributed by atoms with van der Waals surface area (Å²) in [5.41, 5.74) is 2.61. The first-order valence-electron chi connectivity index (χ1n) is 8.99. The van der Waals surface area contributed by atoms with Gasteiger partial charge in [0.25, 0.3) is 0 Å². The molecule has 1 aromatic heterocycles. The van der Waals surface area contributed by atoms with Gasteiger partial charge in [0.2, 0.25) is 0 Å². The minimum absolute atomic E-state index is 0. The summed E-state index contributed by atoms with van der Waals surface area (Å²) >= 11 is 0. The van der Waals surface area contributed by atoms with Gasteiger partial charge in [0.1, 0.15) is 0 Å². The number of hydrogen-bond donors (Lipinski definition) is 2. The topological polar surface area (TPSA) is 57.5 Å². The second-order valence-corrected chi connectivity index (χ2v) is 6.56. The van der Waals surface area contributed by atoms with Crippen LogP contribution in [0.3, 0.4) is 0 Å². The van der Waals surface area contributed by atoms with Crippen LogP contribution in [0, 0.1) is 6.92 Å². The SMILES string of the molecule is CN=C(NCCCn1ccnc1)NC1CCN(c2ccc(C)cc2)C1.I. The van der Waals surface area contributed by atoms with Crippen LogP contribution >= 0.6 is 24.0 Å². The minimum atomic E-state index is 0. The number of nitrogens with one attached hydrogen (secondary N) is 2. The highest BCUT2D eigenvalue weighted by molar-refractivity contribution is 14.0. The van der Waals surface area contributed by atoms with Crippen molar-refractivity contribution in [2.45, 2.75) is 32.4 Å². The summed E-state index contributed by atoms with van der Waals surface area (Å²) in [6.45, 7) is 6.08. The van der Waals surface area contributed by atoms with E-state index < -0.39 is 0 Å². The van der Waals surface area contributed by atoms with E-state index in [-0.39, 0.29) is 24.0 Å². The normalized spacial score (nSPS) is 17.1. The molecule has 142 valence electrons. The zero-order valence-corrected chi connectivity index (χ0v) is 17.9. The molecule has 26 heavy (non-hydrogen) atoms. The summed E-state index contributed by atoms with van der Waals surface area (Å²) in [6.07, 6.45) is 7.82. The number of rotatable bonds is 6. The van der Waals surface area contributed by atoms with E-state index in [1.165, 1.54) is 11.3 Å². The number of imidazole rings is 1. The summed E-state index contributed by atoms with van der Waals surface area (Å²) in [6, 6.07) is 9.20. The van der Waals surface area contributed by atoms with Crippen molar-refractivity contribution in [3.63, 3.8) is 0 Å². The van der Waals surface area contributed by atoms with Crippen molar-refractivity contribution >= 4 is 35.6 Å². The lowest BCUT2D eigenvalue weighted by atomic mass is 10.2. The third-order valence-corrected chi connectivity index (χ3v) is 4.60. The highest BCUT2D eigenvalue weighted by Gasteiger charge is 2.23. The van der Waals surface area contributed by atoms with Crippen molar-refractivity contribution in [3.8, 4) is 0 Å². The molecule has 0 spiro atoms. The average Bonchev–Trinajstić information content (AvgIpc) is 3.30. The predicted octanol–water partition coefficient (Wildman–Crippen LogP) is 2.64. The number of nitrogens with zero attached hydrogens (tertiary/aromatic N) is 4. The van der Waals surface area contributed by atoms with Gasteiger partial charge in [0.05, 0.1) is 6.33 Å². The smallest absolute Gasteiger partial charge is 0.191 e. The molecule has 0 aliphatic carbocycles. The number of aryl methyl sites for hydroxylation is 2. The molecule has 0 bridgehead atoms. The van der Waals surface area contributed by atoms with Crippen LogP contribution < -0.4 is 15.5 Å². The van der Waals surface area contributed by atoms with E-state index in [1.807, 2.05) is 25.8 Å². The molecule has 1 saturated heterocycles. The van der Waals surface area contributed by atoms with E-state index in [0.717, 1.165) is 45.0 Å². The monoisotopic (exact) mass is 468 g/mol. The molecule has 1 aromatic carbocycles. The second kappa shape index (κ2) is 10.4. The number of benzene rings is 1. The molecular weight excluding hydrogens is 439 g/mol. The third kappa shape index (κ3) is 5.89. The molecule has 6 nitrogen and oxygen atoms in total. The first-order chi connectivity index (χ1) is 12.2. The maximum atomic E-state index is 4.35. The average molecular weight is 468 g/mol. The van der Waals surface area contributed by atoms with E-state index in [0.29, 0.717) is 6.04 Å². The van der Waals surface area contributed by atoms with Crippen LogP contribution in [0.25, 0.3) is 0 Å². The molecule has 7 heteroatoms. The Labute approximate surface area is 173 Å². The van der Waals surface area contributed by atoms with Crippen LogP contribution in [0.2, 0.25) is 0 Å². The van der Waals surface area contributed by atoms with Crippen molar-refractivity contribution in [2.24, 2.45) is 4.99 Å². The van der Waals surface area contributed by atoms with Crippen LogP contribution in [0.1, 0.15) is 18.4 Å². The molecule has 2 N–H and O–H groups in total. The molecule has 0 amide bonds. The molecule has 1 aliphatic rings. The Morgan fingerprint density at radius 1 is 1.31 bits per heavy atom. The highest BCUT2D eigenvalue weighted by atomic mass is 127. The molecule has 3 rings (SSSR count). The Kier molecular flexibility index (Phi) is 8.21. The largest absolute Gasteiger partial charge is 0.369 e. The van der Waals surface area contributed by atoms with Crippen LogP contribution in [-0.2, 0) is 6.54 Å². The Morgan fingerprint density at radius 3 is 2.81 bits per heavy atom. The number of guanidine groups is 1. The second-order valence-electron chi connectivity index (χ2n) is 6.56. The van der Waals surface area contributed by atoms with Gasteiger partial charge in [-0.15, -0.1) is 24.0 Å². The number of aliphatic imine (C=N–C) groups is 1. The van der Waals surface area contributed by atoms with Crippen LogP contribution in [0.4, 0.5) is 5.69 Å². The molecule has 1 fully saturated rings. The number of aromatic nitrogens is 2.